The molecule has 106 valence electrons. The topological polar surface area (TPSA) is 78.8 Å². The van der Waals surface area contributed by atoms with Gasteiger partial charge in [-0.2, -0.15) is 8.42 Å². The number of hydrogen-bond donors (Lipinski definition) is 1. The zero-order chi connectivity index (χ0) is 14.9. The molecule has 0 saturated carbocycles. The number of benzene rings is 1. The maximum atomic E-state index is 12.8. The van der Waals surface area contributed by atoms with E-state index in [9.17, 15) is 17.6 Å². The van der Waals surface area contributed by atoms with E-state index in [0.29, 0.717) is 5.69 Å². The van der Waals surface area contributed by atoms with Gasteiger partial charge in [0, 0.05) is 18.9 Å². The summed E-state index contributed by atoms with van der Waals surface area (Å²) in [6, 6.07) is 5.23. The van der Waals surface area contributed by atoms with E-state index in [4.69, 9.17) is 0 Å². The SMILES string of the molecule is CC1=NS(=O)(=O)N(C)C=C1C(=O)Nc1ccc(F)cc1. The minimum Gasteiger partial charge on any atom is -0.322 e. The summed E-state index contributed by atoms with van der Waals surface area (Å²) in [6.45, 7) is 1.43. The first kappa shape index (κ1) is 14.2. The lowest BCUT2D eigenvalue weighted by molar-refractivity contribution is -0.112. The van der Waals surface area contributed by atoms with Crippen molar-refractivity contribution in [2.24, 2.45) is 4.40 Å². The van der Waals surface area contributed by atoms with Crippen LogP contribution in [0.25, 0.3) is 0 Å². The fraction of sp³-hybridized carbons (Fsp3) is 0.167. The Morgan fingerprint density at radius 3 is 2.50 bits per heavy atom. The lowest BCUT2D eigenvalue weighted by Crippen LogP contribution is -2.30. The largest absolute Gasteiger partial charge is 0.344 e. The second-order valence-electron chi connectivity index (χ2n) is 4.17. The van der Waals surface area contributed by atoms with Crippen molar-refractivity contribution >= 4 is 27.5 Å². The van der Waals surface area contributed by atoms with Crippen molar-refractivity contribution in [2.45, 2.75) is 6.92 Å². The fourth-order valence-corrected chi connectivity index (χ4v) is 2.39. The highest BCUT2D eigenvalue weighted by Gasteiger charge is 2.25. The molecule has 0 atom stereocenters. The third-order valence-corrected chi connectivity index (χ3v) is 4.00. The van der Waals surface area contributed by atoms with E-state index in [2.05, 4.69) is 9.71 Å². The van der Waals surface area contributed by atoms with Crippen molar-refractivity contribution < 1.29 is 17.6 Å². The normalized spacial score (nSPS) is 17.2. The van der Waals surface area contributed by atoms with Gasteiger partial charge in [-0.15, -0.1) is 4.40 Å². The number of nitrogens with zero attached hydrogens (tertiary/aromatic N) is 2. The van der Waals surface area contributed by atoms with Crippen LogP contribution in [-0.2, 0) is 15.0 Å². The summed E-state index contributed by atoms with van der Waals surface area (Å²) in [7, 11) is -2.45. The van der Waals surface area contributed by atoms with Gasteiger partial charge in [-0.25, -0.2) is 4.39 Å². The molecule has 1 aliphatic rings. The van der Waals surface area contributed by atoms with Crippen LogP contribution in [0, 0.1) is 5.82 Å². The summed E-state index contributed by atoms with van der Waals surface area (Å²) >= 11 is 0. The van der Waals surface area contributed by atoms with Gasteiger partial charge < -0.3 is 5.32 Å². The first-order valence-corrected chi connectivity index (χ1v) is 7.03. The molecule has 1 aliphatic heterocycles. The summed E-state index contributed by atoms with van der Waals surface area (Å²) in [5, 5.41) is 2.54. The Kier molecular flexibility index (Phi) is 3.58. The minimum atomic E-state index is -3.74. The van der Waals surface area contributed by atoms with E-state index in [1.807, 2.05) is 0 Å². The van der Waals surface area contributed by atoms with E-state index >= 15 is 0 Å². The Bertz CT molecular complexity index is 708. The van der Waals surface area contributed by atoms with Gasteiger partial charge in [-0.1, -0.05) is 0 Å². The third kappa shape index (κ3) is 2.85. The van der Waals surface area contributed by atoms with Crippen molar-refractivity contribution in [1.82, 2.24) is 4.31 Å². The zero-order valence-electron chi connectivity index (χ0n) is 10.8. The number of rotatable bonds is 2. The second-order valence-corrected chi connectivity index (χ2v) is 5.83. The van der Waals surface area contributed by atoms with E-state index in [0.717, 1.165) is 4.31 Å². The summed E-state index contributed by atoms with van der Waals surface area (Å²) in [4.78, 5) is 12.0. The van der Waals surface area contributed by atoms with Crippen molar-refractivity contribution in [1.29, 1.82) is 0 Å². The van der Waals surface area contributed by atoms with Gasteiger partial charge in [0.2, 0.25) is 0 Å². The first-order chi connectivity index (χ1) is 9.29. The molecule has 0 fully saturated rings. The number of anilines is 1. The van der Waals surface area contributed by atoms with Gasteiger partial charge in [-0.05, 0) is 31.2 Å². The smallest absolute Gasteiger partial charge is 0.322 e. The summed E-state index contributed by atoms with van der Waals surface area (Å²) in [6.07, 6.45) is 1.19. The Hall–Kier alpha value is -2.22. The minimum absolute atomic E-state index is 0.0997. The molecular weight excluding hydrogens is 285 g/mol. The third-order valence-electron chi connectivity index (χ3n) is 2.66. The molecule has 0 aliphatic carbocycles. The molecule has 20 heavy (non-hydrogen) atoms. The maximum absolute atomic E-state index is 12.8. The summed E-state index contributed by atoms with van der Waals surface area (Å²) in [5.74, 6) is -0.928. The Morgan fingerprint density at radius 1 is 1.30 bits per heavy atom. The lowest BCUT2D eigenvalue weighted by Gasteiger charge is -2.19. The second kappa shape index (κ2) is 5.04. The average molecular weight is 297 g/mol. The van der Waals surface area contributed by atoms with Crippen molar-refractivity contribution in [3.63, 3.8) is 0 Å². The quantitative estimate of drug-likeness (QED) is 0.893. The number of carbonyl (C=O) groups is 1. The van der Waals surface area contributed by atoms with Gasteiger partial charge in [-0.3, -0.25) is 9.10 Å². The number of halogens is 1. The summed E-state index contributed by atoms with van der Waals surface area (Å²) < 4.78 is 40.1. The predicted molar refractivity (Wildman–Crippen MR) is 72.9 cm³/mol. The van der Waals surface area contributed by atoms with E-state index in [-0.39, 0.29) is 11.3 Å². The molecule has 0 bridgehead atoms. The highest BCUT2D eigenvalue weighted by molar-refractivity contribution is 7.88. The molecule has 0 spiro atoms. The van der Waals surface area contributed by atoms with Crippen LogP contribution < -0.4 is 5.32 Å². The van der Waals surface area contributed by atoms with E-state index in [1.165, 1.54) is 44.4 Å². The maximum Gasteiger partial charge on any atom is 0.344 e. The zero-order valence-corrected chi connectivity index (χ0v) is 11.6. The molecule has 1 aromatic rings. The van der Waals surface area contributed by atoms with Crippen molar-refractivity contribution in [3.8, 4) is 0 Å². The van der Waals surface area contributed by atoms with E-state index < -0.39 is 21.9 Å². The van der Waals surface area contributed by atoms with Crippen LogP contribution in [0.1, 0.15) is 6.92 Å². The van der Waals surface area contributed by atoms with Crippen LogP contribution in [0.4, 0.5) is 10.1 Å². The van der Waals surface area contributed by atoms with Crippen molar-refractivity contribution in [2.75, 3.05) is 12.4 Å². The molecule has 0 radical (unpaired) electrons. The molecule has 1 N–H and O–H groups in total. The first-order valence-electron chi connectivity index (χ1n) is 5.63. The molecule has 2 rings (SSSR count). The van der Waals surface area contributed by atoms with Gasteiger partial charge in [0.1, 0.15) is 5.82 Å². The van der Waals surface area contributed by atoms with E-state index in [1.54, 1.807) is 0 Å². The lowest BCUT2D eigenvalue weighted by atomic mass is 10.1. The van der Waals surface area contributed by atoms with Crippen LogP contribution >= 0.6 is 0 Å². The number of hydrogen-bond acceptors (Lipinski definition) is 3. The van der Waals surface area contributed by atoms with Crippen molar-refractivity contribution in [3.05, 3.63) is 41.9 Å². The molecule has 0 unspecified atom stereocenters. The Balaban J connectivity index is 2.22. The highest BCUT2D eigenvalue weighted by Crippen LogP contribution is 2.16. The number of amides is 1. The molecule has 1 aromatic carbocycles. The van der Waals surface area contributed by atoms with Gasteiger partial charge in [0.15, 0.2) is 0 Å². The van der Waals surface area contributed by atoms with Crippen LogP contribution in [0.15, 0.2) is 40.4 Å². The molecule has 0 saturated heterocycles. The highest BCUT2D eigenvalue weighted by atomic mass is 32.2. The van der Waals surface area contributed by atoms with Gasteiger partial charge >= 0.3 is 10.2 Å². The number of carbonyl (C=O) groups excluding carboxylic acids is 1. The molecule has 1 amide bonds. The average Bonchev–Trinajstić information content (AvgIpc) is 2.36. The Labute approximate surface area is 115 Å². The van der Waals surface area contributed by atoms with Crippen LogP contribution in [0.2, 0.25) is 0 Å². The molecule has 1 heterocycles. The molecular formula is C12H12FN3O3S. The molecule has 6 nitrogen and oxygen atoms in total. The van der Waals surface area contributed by atoms with Crippen LogP contribution in [-0.4, -0.2) is 31.4 Å². The van der Waals surface area contributed by atoms with Crippen LogP contribution in [0.3, 0.4) is 0 Å². The Morgan fingerprint density at radius 2 is 1.90 bits per heavy atom. The standard InChI is InChI=1S/C12H12FN3O3S/c1-8-11(7-16(2)20(18,19)15-8)12(17)14-10-5-3-9(13)4-6-10/h3-7H,1-2H3,(H,14,17). The predicted octanol–water partition coefficient (Wildman–Crippen LogP) is 1.30. The van der Waals surface area contributed by atoms with Gasteiger partial charge in [0.25, 0.3) is 5.91 Å². The fourth-order valence-electron chi connectivity index (χ4n) is 1.58. The van der Waals surface area contributed by atoms with Crippen LogP contribution in [0.5, 0.6) is 0 Å². The summed E-state index contributed by atoms with van der Waals surface area (Å²) in [5.41, 5.74) is 0.635. The molecule has 0 aromatic heterocycles. The van der Waals surface area contributed by atoms with Gasteiger partial charge in [0.05, 0.1) is 11.3 Å². The monoisotopic (exact) mass is 297 g/mol. The molecule has 8 heteroatoms. The number of nitrogens with one attached hydrogen (secondary N) is 1.